The average Bonchev–Trinajstić information content (AvgIpc) is 2.83. The molecule has 0 aliphatic carbocycles. The van der Waals surface area contributed by atoms with E-state index in [1.807, 2.05) is 42.5 Å². The summed E-state index contributed by atoms with van der Waals surface area (Å²) in [6, 6.07) is 13.2. The van der Waals surface area contributed by atoms with E-state index < -0.39 is 6.03 Å². The molecule has 1 fully saturated rings. The Morgan fingerprint density at radius 3 is 2.52 bits per heavy atom. The summed E-state index contributed by atoms with van der Waals surface area (Å²) < 4.78 is 7.78. The summed E-state index contributed by atoms with van der Waals surface area (Å²) in [6.45, 7) is 0.468. The van der Waals surface area contributed by atoms with Crippen LogP contribution in [0.4, 0.5) is 4.79 Å². The van der Waals surface area contributed by atoms with E-state index in [0.717, 1.165) is 20.5 Å². The molecule has 0 aromatic heterocycles. The van der Waals surface area contributed by atoms with Gasteiger partial charge in [-0.05, 0) is 80.0 Å². The number of rotatable bonds is 4. The standard InChI is InChI=1S/C18H14BrIN2O3/c1-22-17(23)15(21-18(22)24)9-12-4-7-16(14(19)8-12)25-10-11-2-5-13(20)6-3-11/h2-9H,10H2,1H3,(H,21,24)/b15-9+. The lowest BCUT2D eigenvalue weighted by atomic mass is 10.2. The highest BCUT2D eigenvalue weighted by Crippen LogP contribution is 2.28. The highest BCUT2D eigenvalue weighted by Gasteiger charge is 2.29. The first kappa shape index (κ1) is 17.9. The lowest BCUT2D eigenvalue weighted by Gasteiger charge is -2.09. The minimum atomic E-state index is -0.423. The summed E-state index contributed by atoms with van der Waals surface area (Å²) in [7, 11) is 1.44. The first-order valence-corrected chi connectivity index (χ1v) is 9.29. The van der Waals surface area contributed by atoms with Gasteiger partial charge in [0.1, 0.15) is 18.1 Å². The molecule has 3 rings (SSSR count). The molecule has 3 amide bonds. The predicted molar refractivity (Wildman–Crippen MR) is 107 cm³/mol. The number of nitrogens with zero attached hydrogens (tertiary/aromatic N) is 1. The molecule has 0 unspecified atom stereocenters. The number of benzene rings is 2. The van der Waals surface area contributed by atoms with Gasteiger partial charge in [0, 0.05) is 10.6 Å². The van der Waals surface area contributed by atoms with Gasteiger partial charge in [0.2, 0.25) is 0 Å². The summed E-state index contributed by atoms with van der Waals surface area (Å²) in [6.07, 6.45) is 1.64. The highest BCUT2D eigenvalue weighted by molar-refractivity contribution is 14.1. The van der Waals surface area contributed by atoms with E-state index in [-0.39, 0.29) is 11.6 Å². The minimum Gasteiger partial charge on any atom is -0.488 e. The Balaban J connectivity index is 1.72. The third-order valence-electron chi connectivity index (χ3n) is 3.66. The fourth-order valence-corrected chi connectivity index (χ4v) is 3.13. The minimum absolute atomic E-state index is 0.256. The maximum Gasteiger partial charge on any atom is 0.328 e. The van der Waals surface area contributed by atoms with Crippen molar-refractivity contribution in [1.29, 1.82) is 0 Å². The van der Waals surface area contributed by atoms with Crippen LogP contribution in [0.15, 0.2) is 52.6 Å². The van der Waals surface area contributed by atoms with E-state index >= 15 is 0 Å². The third kappa shape index (κ3) is 4.21. The fourth-order valence-electron chi connectivity index (χ4n) is 2.26. The zero-order valence-electron chi connectivity index (χ0n) is 13.3. The Morgan fingerprint density at radius 2 is 1.92 bits per heavy atom. The number of nitrogens with one attached hydrogen (secondary N) is 1. The van der Waals surface area contributed by atoms with Gasteiger partial charge in [-0.3, -0.25) is 9.69 Å². The van der Waals surface area contributed by atoms with Crippen LogP contribution >= 0.6 is 38.5 Å². The molecule has 0 atom stereocenters. The van der Waals surface area contributed by atoms with Crippen molar-refractivity contribution in [2.45, 2.75) is 6.61 Å². The van der Waals surface area contributed by atoms with Crippen molar-refractivity contribution < 1.29 is 14.3 Å². The van der Waals surface area contributed by atoms with E-state index in [1.165, 1.54) is 10.6 Å². The van der Waals surface area contributed by atoms with Crippen molar-refractivity contribution >= 4 is 56.5 Å². The number of ether oxygens (including phenoxy) is 1. The Hall–Kier alpha value is -1.87. The van der Waals surface area contributed by atoms with Crippen molar-refractivity contribution in [3.63, 3.8) is 0 Å². The molecule has 2 aromatic carbocycles. The van der Waals surface area contributed by atoms with Crippen molar-refractivity contribution in [2.75, 3.05) is 7.05 Å². The number of hydrogen-bond donors (Lipinski definition) is 1. The molecule has 0 saturated carbocycles. The fraction of sp³-hybridized carbons (Fsp3) is 0.111. The number of imide groups is 1. The number of amides is 3. The van der Waals surface area contributed by atoms with E-state index in [9.17, 15) is 9.59 Å². The number of urea groups is 1. The van der Waals surface area contributed by atoms with Crippen LogP contribution in [0.25, 0.3) is 6.08 Å². The maximum absolute atomic E-state index is 11.9. The molecule has 5 nitrogen and oxygen atoms in total. The maximum atomic E-state index is 11.9. The molecule has 1 saturated heterocycles. The monoisotopic (exact) mass is 512 g/mol. The molecule has 128 valence electrons. The smallest absolute Gasteiger partial charge is 0.328 e. The summed E-state index contributed by atoms with van der Waals surface area (Å²) >= 11 is 5.74. The molecule has 1 aliphatic rings. The summed E-state index contributed by atoms with van der Waals surface area (Å²) in [4.78, 5) is 24.4. The highest BCUT2D eigenvalue weighted by atomic mass is 127. The molecule has 25 heavy (non-hydrogen) atoms. The van der Waals surface area contributed by atoms with E-state index in [2.05, 4.69) is 43.8 Å². The van der Waals surface area contributed by atoms with Gasteiger partial charge in [0.25, 0.3) is 5.91 Å². The predicted octanol–water partition coefficient (Wildman–Crippen LogP) is 4.16. The number of halogens is 2. The molecular weight excluding hydrogens is 499 g/mol. The lowest BCUT2D eigenvalue weighted by molar-refractivity contribution is -0.121. The van der Waals surface area contributed by atoms with Crippen molar-refractivity contribution in [3.05, 3.63) is 67.3 Å². The molecule has 2 aromatic rings. The van der Waals surface area contributed by atoms with Crippen LogP contribution in [0.3, 0.4) is 0 Å². The second kappa shape index (κ2) is 7.57. The van der Waals surface area contributed by atoms with Crippen molar-refractivity contribution in [2.24, 2.45) is 0 Å². The van der Waals surface area contributed by atoms with Gasteiger partial charge in [-0.1, -0.05) is 18.2 Å². The van der Waals surface area contributed by atoms with E-state index in [1.54, 1.807) is 6.08 Å². The van der Waals surface area contributed by atoms with Gasteiger partial charge in [-0.25, -0.2) is 4.79 Å². The van der Waals surface area contributed by atoms with Gasteiger partial charge >= 0.3 is 6.03 Å². The normalized spacial score (nSPS) is 15.6. The zero-order chi connectivity index (χ0) is 18.0. The molecule has 0 spiro atoms. The summed E-state index contributed by atoms with van der Waals surface area (Å²) in [5.74, 6) is 0.361. The zero-order valence-corrected chi connectivity index (χ0v) is 17.0. The first-order valence-electron chi connectivity index (χ1n) is 7.41. The van der Waals surface area contributed by atoms with E-state index in [0.29, 0.717) is 12.4 Å². The number of likely N-dealkylation sites (N-methyl/N-ethyl adjacent to an activating group) is 1. The molecule has 1 N–H and O–H groups in total. The van der Waals surface area contributed by atoms with Crippen LogP contribution in [0.1, 0.15) is 11.1 Å². The topological polar surface area (TPSA) is 58.6 Å². The quantitative estimate of drug-likeness (QED) is 0.380. The SMILES string of the molecule is CN1C(=O)N/C(=C/c2ccc(OCc3ccc(I)cc3)c(Br)c2)C1=O. The molecule has 1 aliphatic heterocycles. The molecule has 1 heterocycles. The Labute approximate surface area is 167 Å². The summed E-state index contributed by atoms with van der Waals surface area (Å²) in [5.41, 5.74) is 2.13. The van der Waals surface area contributed by atoms with Gasteiger partial charge in [0.15, 0.2) is 0 Å². The second-order valence-corrected chi connectivity index (χ2v) is 7.56. The number of carbonyl (C=O) groups is 2. The Kier molecular flexibility index (Phi) is 5.43. The van der Waals surface area contributed by atoms with Crippen LogP contribution in [0, 0.1) is 3.57 Å². The van der Waals surface area contributed by atoms with Gasteiger partial charge in [0.05, 0.1) is 4.47 Å². The molecule has 0 bridgehead atoms. The van der Waals surface area contributed by atoms with Gasteiger partial charge < -0.3 is 10.1 Å². The van der Waals surface area contributed by atoms with Gasteiger partial charge in [-0.15, -0.1) is 0 Å². The van der Waals surface area contributed by atoms with Gasteiger partial charge in [-0.2, -0.15) is 0 Å². The van der Waals surface area contributed by atoms with E-state index in [4.69, 9.17) is 4.74 Å². The Morgan fingerprint density at radius 1 is 1.20 bits per heavy atom. The average molecular weight is 513 g/mol. The van der Waals surface area contributed by atoms with Crippen LogP contribution < -0.4 is 10.1 Å². The molecular formula is C18H14BrIN2O3. The third-order valence-corrected chi connectivity index (χ3v) is 4.99. The Bertz CT molecular complexity index is 865. The number of hydrogen-bond acceptors (Lipinski definition) is 3. The molecule has 0 radical (unpaired) electrons. The summed E-state index contributed by atoms with van der Waals surface area (Å²) in [5, 5.41) is 2.54. The van der Waals surface area contributed by atoms with Crippen LogP contribution in [-0.4, -0.2) is 23.9 Å². The van der Waals surface area contributed by atoms with Crippen molar-refractivity contribution in [1.82, 2.24) is 10.2 Å². The number of carbonyl (C=O) groups excluding carboxylic acids is 2. The molecule has 7 heteroatoms. The second-order valence-electron chi connectivity index (χ2n) is 5.46. The van der Waals surface area contributed by atoms with Crippen molar-refractivity contribution in [3.8, 4) is 5.75 Å². The van der Waals surface area contributed by atoms with Crippen LogP contribution in [0.5, 0.6) is 5.75 Å². The first-order chi connectivity index (χ1) is 11.9. The van der Waals surface area contributed by atoms with Crippen LogP contribution in [-0.2, 0) is 11.4 Å². The van der Waals surface area contributed by atoms with Crippen LogP contribution in [0.2, 0.25) is 0 Å². The largest absolute Gasteiger partial charge is 0.488 e. The lowest BCUT2D eigenvalue weighted by Crippen LogP contribution is -2.25.